The number of fused-ring (bicyclic) bond motifs is 1. The summed E-state index contributed by atoms with van der Waals surface area (Å²) in [6, 6.07) is 5.18. The van der Waals surface area contributed by atoms with Crippen molar-refractivity contribution in [3.05, 3.63) is 41.7 Å². The Kier molecular flexibility index (Phi) is 4.30. The van der Waals surface area contributed by atoms with Crippen LogP contribution in [0.2, 0.25) is 0 Å². The molecule has 0 aliphatic carbocycles. The summed E-state index contributed by atoms with van der Waals surface area (Å²) in [5.74, 6) is 1.56. The van der Waals surface area contributed by atoms with E-state index in [2.05, 4.69) is 20.1 Å². The van der Waals surface area contributed by atoms with Crippen LogP contribution in [0.25, 0.3) is 0 Å². The average Bonchev–Trinajstić information content (AvgIpc) is 3.06. The van der Waals surface area contributed by atoms with Crippen molar-refractivity contribution in [2.45, 2.75) is 36.7 Å². The Morgan fingerprint density at radius 2 is 1.96 bits per heavy atom. The van der Waals surface area contributed by atoms with E-state index in [1.54, 1.807) is 0 Å². The van der Waals surface area contributed by atoms with Crippen LogP contribution in [0, 0.1) is 5.82 Å². The van der Waals surface area contributed by atoms with Gasteiger partial charge >= 0.3 is 0 Å². The summed E-state index contributed by atoms with van der Waals surface area (Å²) in [5, 5.41) is 11.8. The topological polar surface area (TPSA) is 80.1 Å². The average molecular weight is 365 g/mol. The predicted octanol–water partition coefficient (Wildman–Crippen LogP) is 1.09. The summed E-state index contributed by atoms with van der Waals surface area (Å²) >= 11 is 0. The highest BCUT2D eigenvalue weighted by atomic mass is 32.2. The predicted molar refractivity (Wildman–Crippen MR) is 88.9 cm³/mol. The second-order valence-corrected chi connectivity index (χ2v) is 8.38. The van der Waals surface area contributed by atoms with Gasteiger partial charge in [-0.15, -0.1) is 10.2 Å². The van der Waals surface area contributed by atoms with Crippen molar-refractivity contribution in [1.82, 2.24) is 24.4 Å². The first kappa shape index (κ1) is 16.6. The van der Waals surface area contributed by atoms with Crippen LogP contribution in [0.5, 0.6) is 0 Å². The fourth-order valence-electron chi connectivity index (χ4n) is 3.55. The van der Waals surface area contributed by atoms with E-state index >= 15 is 0 Å². The SMILES string of the molecule is O=S(=O)(c1cccc(F)c1)N1CCC(c2nnc3n2CCNC3)CC1. The molecule has 0 amide bonds. The van der Waals surface area contributed by atoms with Crippen LogP contribution in [0.1, 0.15) is 30.4 Å². The van der Waals surface area contributed by atoms with Crippen LogP contribution in [-0.4, -0.2) is 47.1 Å². The van der Waals surface area contributed by atoms with Crippen LogP contribution in [0.4, 0.5) is 4.39 Å². The first-order valence-electron chi connectivity index (χ1n) is 8.44. The van der Waals surface area contributed by atoms with Crippen molar-refractivity contribution in [3.63, 3.8) is 0 Å². The van der Waals surface area contributed by atoms with Crippen molar-refractivity contribution in [2.24, 2.45) is 0 Å². The van der Waals surface area contributed by atoms with Crippen molar-refractivity contribution >= 4 is 10.0 Å². The molecule has 0 bridgehead atoms. The maximum Gasteiger partial charge on any atom is 0.243 e. The van der Waals surface area contributed by atoms with Crippen molar-refractivity contribution in [1.29, 1.82) is 0 Å². The fourth-order valence-corrected chi connectivity index (χ4v) is 5.05. The lowest BCUT2D eigenvalue weighted by Crippen LogP contribution is -2.38. The zero-order valence-electron chi connectivity index (χ0n) is 13.7. The van der Waals surface area contributed by atoms with Crippen LogP contribution >= 0.6 is 0 Å². The first-order valence-corrected chi connectivity index (χ1v) is 9.88. The molecule has 2 aliphatic heterocycles. The van der Waals surface area contributed by atoms with E-state index in [0.29, 0.717) is 25.9 Å². The van der Waals surface area contributed by atoms with E-state index in [1.807, 2.05) is 0 Å². The summed E-state index contributed by atoms with van der Waals surface area (Å²) in [7, 11) is -3.65. The molecule has 0 saturated carbocycles. The highest BCUT2D eigenvalue weighted by Crippen LogP contribution is 2.30. The second-order valence-electron chi connectivity index (χ2n) is 6.44. The normalized spacial score (nSPS) is 19.7. The molecule has 2 aromatic rings. The molecule has 0 spiro atoms. The highest BCUT2D eigenvalue weighted by Gasteiger charge is 2.32. The van der Waals surface area contributed by atoms with Crippen molar-refractivity contribution < 1.29 is 12.8 Å². The number of nitrogens with one attached hydrogen (secondary N) is 1. The summed E-state index contributed by atoms with van der Waals surface area (Å²) in [5.41, 5.74) is 0. The van der Waals surface area contributed by atoms with Gasteiger partial charge in [-0.3, -0.25) is 0 Å². The van der Waals surface area contributed by atoms with Crippen LogP contribution in [0.3, 0.4) is 0 Å². The van der Waals surface area contributed by atoms with E-state index in [1.165, 1.54) is 22.5 Å². The molecule has 1 aromatic heterocycles. The van der Waals surface area contributed by atoms with E-state index in [9.17, 15) is 12.8 Å². The Balaban J connectivity index is 1.49. The molecular weight excluding hydrogens is 345 g/mol. The van der Waals surface area contributed by atoms with Gasteiger partial charge < -0.3 is 9.88 Å². The summed E-state index contributed by atoms with van der Waals surface area (Å²) in [6.07, 6.45) is 1.39. The monoisotopic (exact) mass is 365 g/mol. The van der Waals surface area contributed by atoms with E-state index in [-0.39, 0.29) is 10.8 Å². The maximum absolute atomic E-state index is 13.4. The van der Waals surface area contributed by atoms with E-state index < -0.39 is 15.8 Å². The van der Waals surface area contributed by atoms with Crippen LogP contribution in [-0.2, 0) is 23.1 Å². The Morgan fingerprint density at radius 1 is 1.16 bits per heavy atom. The number of piperidine rings is 1. The molecule has 7 nitrogen and oxygen atoms in total. The van der Waals surface area contributed by atoms with E-state index in [0.717, 1.165) is 37.3 Å². The Hall–Kier alpha value is -1.84. The number of rotatable bonds is 3. The van der Waals surface area contributed by atoms with Gasteiger partial charge in [-0.2, -0.15) is 4.31 Å². The zero-order chi connectivity index (χ0) is 17.4. The maximum atomic E-state index is 13.4. The third-order valence-corrected chi connectivity index (χ3v) is 6.80. The number of nitrogens with zero attached hydrogens (tertiary/aromatic N) is 4. The second kappa shape index (κ2) is 6.47. The number of aromatic nitrogens is 3. The largest absolute Gasteiger partial charge is 0.312 e. The number of sulfonamides is 1. The fraction of sp³-hybridized carbons (Fsp3) is 0.500. The van der Waals surface area contributed by atoms with Crippen LogP contribution < -0.4 is 5.32 Å². The molecule has 0 atom stereocenters. The minimum absolute atomic E-state index is 0.0110. The lowest BCUT2D eigenvalue weighted by atomic mass is 9.97. The van der Waals surface area contributed by atoms with Crippen LogP contribution in [0.15, 0.2) is 29.2 Å². The molecule has 25 heavy (non-hydrogen) atoms. The van der Waals surface area contributed by atoms with Gasteiger partial charge in [0.15, 0.2) is 0 Å². The molecule has 4 rings (SSSR count). The van der Waals surface area contributed by atoms with Gasteiger partial charge in [0.25, 0.3) is 0 Å². The number of hydrogen-bond acceptors (Lipinski definition) is 5. The molecule has 0 radical (unpaired) electrons. The third-order valence-electron chi connectivity index (χ3n) is 4.90. The molecule has 0 unspecified atom stereocenters. The molecule has 1 aromatic carbocycles. The minimum Gasteiger partial charge on any atom is -0.312 e. The Bertz CT molecular complexity index is 874. The van der Waals surface area contributed by atoms with E-state index in [4.69, 9.17) is 0 Å². The number of benzene rings is 1. The van der Waals surface area contributed by atoms with Gasteiger partial charge in [0, 0.05) is 32.1 Å². The smallest absolute Gasteiger partial charge is 0.243 e. The standard InChI is InChI=1S/C16H20FN5O2S/c17-13-2-1-3-14(10-13)25(23,24)21-7-4-12(5-8-21)16-20-19-15-11-18-6-9-22(15)16/h1-3,10,12,18H,4-9,11H2. The van der Waals surface area contributed by atoms with Gasteiger partial charge in [0.2, 0.25) is 10.0 Å². The Labute approximate surface area is 145 Å². The molecule has 1 fully saturated rings. The van der Waals surface area contributed by atoms with Gasteiger partial charge in [-0.25, -0.2) is 12.8 Å². The van der Waals surface area contributed by atoms with Crippen molar-refractivity contribution in [2.75, 3.05) is 19.6 Å². The molecule has 2 aliphatic rings. The van der Waals surface area contributed by atoms with Gasteiger partial charge in [0.05, 0.1) is 11.4 Å². The molecule has 1 N–H and O–H groups in total. The summed E-state index contributed by atoms with van der Waals surface area (Å²) in [6.45, 7) is 3.28. The van der Waals surface area contributed by atoms with Gasteiger partial charge in [-0.05, 0) is 31.0 Å². The quantitative estimate of drug-likeness (QED) is 0.881. The molecule has 1 saturated heterocycles. The lowest BCUT2D eigenvalue weighted by molar-refractivity contribution is 0.307. The van der Waals surface area contributed by atoms with Gasteiger partial charge in [-0.1, -0.05) is 6.07 Å². The molecule has 134 valence electrons. The Morgan fingerprint density at radius 3 is 2.72 bits per heavy atom. The minimum atomic E-state index is -3.65. The molecular formula is C16H20FN5O2S. The van der Waals surface area contributed by atoms with Crippen molar-refractivity contribution in [3.8, 4) is 0 Å². The zero-order valence-corrected chi connectivity index (χ0v) is 14.5. The number of halogens is 1. The molecule has 3 heterocycles. The first-order chi connectivity index (χ1) is 12.1. The highest BCUT2D eigenvalue weighted by molar-refractivity contribution is 7.89. The third kappa shape index (κ3) is 3.07. The summed E-state index contributed by atoms with van der Waals surface area (Å²) < 4.78 is 42.3. The number of hydrogen-bond donors (Lipinski definition) is 1. The summed E-state index contributed by atoms with van der Waals surface area (Å²) in [4.78, 5) is 0.0110. The molecule has 9 heteroatoms. The van der Waals surface area contributed by atoms with Gasteiger partial charge in [0.1, 0.15) is 17.5 Å². The lowest BCUT2D eigenvalue weighted by Gasteiger charge is -2.31.